The molecule has 0 saturated heterocycles. The monoisotopic (exact) mass is 541 g/mol. The molecule has 0 bridgehead atoms. The number of nitrogens with one attached hydrogen (secondary N) is 3. The van der Waals surface area contributed by atoms with Crippen molar-refractivity contribution in [1.82, 2.24) is 10.6 Å². The normalized spacial score (nSPS) is 17.1. The quantitative estimate of drug-likeness (QED) is 0.307. The number of benzene rings is 3. The van der Waals surface area contributed by atoms with Gasteiger partial charge < -0.3 is 25.4 Å². The maximum Gasteiger partial charge on any atom is 0.573 e. The van der Waals surface area contributed by atoms with Gasteiger partial charge in [0.1, 0.15) is 11.5 Å². The average Bonchev–Trinajstić information content (AvgIpc) is 2.91. The molecular weight excluding hydrogens is 511 g/mol. The number of urea groups is 1. The molecule has 39 heavy (non-hydrogen) atoms. The van der Waals surface area contributed by atoms with E-state index in [0.717, 1.165) is 44.2 Å². The minimum absolute atomic E-state index is 0.00200. The highest BCUT2D eigenvalue weighted by atomic mass is 19.4. The van der Waals surface area contributed by atoms with Crippen molar-refractivity contribution in [1.29, 1.82) is 0 Å². The number of amides is 3. The van der Waals surface area contributed by atoms with Crippen LogP contribution in [0.3, 0.4) is 0 Å². The second-order valence-corrected chi connectivity index (χ2v) is 9.28. The van der Waals surface area contributed by atoms with Gasteiger partial charge >= 0.3 is 12.4 Å². The largest absolute Gasteiger partial charge is 0.573 e. The highest BCUT2D eigenvalue weighted by Gasteiger charge is 2.31. The van der Waals surface area contributed by atoms with Crippen LogP contribution in [-0.4, -0.2) is 37.0 Å². The summed E-state index contributed by atoms with van der Waals surface area (Å²) in [7, 11) is 0. The Hall–Kier alpha value is -4.21. The molecule has 0 unspecified atom stereocenters. The summed E-state index contributed by atoms with van der Waals surface area (Å²) in [6.07, 6.45) is -1.07. The standard InChI is InChI=1S/C29H30F3N3O4/c30-29(31,32)39-26-16-10-23(11-17-26)35-28(37)34-22-8-14-25(15-9-22)38-24-12-6-21(7-13-24)27(36)33-19-18-20-4-2-1-3-5-20/h1-7,10-13,16-17,22,25H,8-9,14-15,18-19H2,(H,33,36)(H2,34,35,37). The summed E-state index contributed by atoms with van der Waals surface area (Å²) in [6, 6.07) is 21.5. The van der Waals surface area contributed by atoms with Crippen molar-refractivity contribution in [3.05, 3.63) is 90.0 Å². The number of halogens is 3. The van der Waals surface area contributed by atoms with E-state index in [-0.39, 0.29) is 23.8 Å². The minimum atomic E-state index is -4.77. The molecule has 0 heterocycles. The molecule has 1 fully saturated rings. The highest BCUT2D eigenvalue weighted by molar-refractivity contribution is 5.94. The van der Waals surface area contributed by atoms with E-state index in [1.807, 2.05) is 30.3 Å². The summed E-state index contributed by atoms with van der Waals surface area (Å²) in [5.41, 5.74) is 2.09. The number of rotatable bonds is 9. The summed E-state index contributed by atoms with van der Waals surface area (Å²) in [5.74, 6) is 0.194. The molecule has 7 nitrogen and oxygen atoms in total. The van der Waals surface area contributed by atoms with Crippen LogP contribution in [0.1, 0.15) is 41.6 Å². The lowest BCUT2D eigenvalue weighted by Crippen LogP contribution is -2.41. The molecular formula is C29H30F3N3O4. The zero-order chi connectivity index (χ0) is 27.7. The van der Waals surface area contributed by atoms with E-state index in [2.05, 4.69) is 20.7 Å². The Bertz CT molecular complexity index is 1210. The summed E-state index contributed by atoms with van der Waals surface area (Å²) < 4.78 is 46.7. The van der Waals surface area contributed by atoms with E-state index < -0.39 is 12.4 Å². The SMILES string of the molecule is O=C(Nc1ccc(OC(F)(F)F)cc1)NC1CCC(Oc2ccc(C(=O)NCCc3ccccc3)cc2)CC1. The predicted octanol–water partition coefficient (Wildman–Crippen LogP) is 6.07. The third kappa shape index (κ3) is 9.24. The molecule has 10 heteroatoms. The first-order chi connectivity index (χ1) is 18.7. The summed E-state index contributed by atoms with van der Waals surface area (Å²) in [6.45, 7) is 0.555. The first kappa shape index (κ1) is 27.8. The van der Waals surface area contributed by atoms with Crippen LogP contribution in [0.15, 0.2) is 78.9 Å². The Morgan fingerprint density at radius 2 is 1.46 bits per heavy atom. The van der Waals surface area contributed by atoms with Crippen LogP contribution >= 0.6 is 0 Å². The molecule has 0 spiro atoms. The third-order valence-electron chi connectivity index (χ3n) is 6.32. The summed E-state index contributed by atoms with van der Waals surface area (Å²) in [5, 5.41) is 8.43. The smallest absolute Gasteiger partial charge is 0.490 e. The van der Waals surface area contributed by atoms with E-state index in [1.165, 1.54) is 17.7 Å². The fourth-order valence-electron chi connectivity index (χ4n) is 4.36. The second kappa shape index (κ2) is 13.0. The Morgan fingerprint density at radius 1 is 0.821 bits per heavy atom. The molecule has 1 aliphatic carbocycles. The molecule has 0 radical (unpaired) electrons. The van der Waals surface area contributed by atoms with E-state index in [1.54, 1.807) is 24.3 Å². The van der Waals surface area contributed by atoms with Gasteiger partial charge in [0.2, 0.25) is 0 Å². The molecule has 1 aliphatic rings. The number of anilines is 1. The fraction of sp³-hybridized carbons (Fsp3) is 0.310. The van der Waals surface area contributed by atoms with Crippen molar-refractivity contribution in [2.75, 3.05) is 11.9 Å². The van der Waals surface area contributed by atoms with Gasteiger partial charge in [-0.3, -0.25) is 4.79 Å². The lowest BCUT2D eigenvalue weighted by Gasteiger charge is -2.29. The molecule has 3 amide bonds. The van der Waals surface area contributed by atoms with Crippen LogP contribution in [0.4, 0.5) is 23.7 Å². The number of hydrogen-bond acceptors (Lipinski definition) is 4. The Kier molecular flexibility index (Phi) is 9.30. The van der Waals surface area contributed by atoms with Crippen LogP contribution < -0.4 is 25.4 Å². The zero-order valence-corrected chi connectivity index (χ0v) is 21.2. The lowest BCUT2D eigenvalue weighted by molar-refractivity contribution is -0.274. The van der Waals surface area contributed by atoms with Gasteiger partial charge in [0.15, 0.2) is 0 Å². The van der Waals surface area contributed by atoms with Crippen molar-refractivity contribution in [2.45, 2.75) is 50.6 Å². The van der Waals surface area contributed by atoms with Crippen molar-refractivity contribution in [3.8, 4) is 11.5 Å². The topological polar surface area (TPSA) is 88.7 Å². The number of carbonyl (C=O) groups is 2. The number of hydrogen-bond donors (Lipinski definition) is 3. The van der Waals surface area contributed by atoms with Gasteiger partial charge in [0.25, 0.3) is 5.91 Å². The van der Waals surface area contributed by atoms with Crippen LogP contribution in [0.25, 0.3) is 0 Å². The Labute approximate surface area is 224 Å². The second-order valence-electron chi connectivity index (χ2n) is 9.28. The maximum atomic E-state index is 12.4. The van der Waals surface area contributed by atoms with Gasteiger partial charge in [-0.15, -0.1) is 13.2 Å². The Balaban J connectivity index is 1.15. The van der Waals surface area contributed by atoms with E-state index >= 15 is 0 Å². The van der Waals surface area contributed by atoms with Crippen LogP contribution in [0, 0.1) is 0 Å². The van der Waals surface area contributed by atoms with E-state index in [9.17, 15) is 22.8 Å². The zero-order valence-electron chi connectivity index (χ0n) is 21.2. The number of ether oxygens (including phenoxy) is 2. The molecule has 0 aromatic heterocycles. The van der Waals surface area contributed by atoms with Crippen molar-refractivity contribution in [2.24, 2.45) is 0 Å². The van der Waals surface area contributed by atoms with E-state index in [4.69, 9.17) is 4.74 Å². The predicted molar refractivity (Wildman–Crippen MR) is 141 cm³/mol. The van der Waals surface area contributed by atoms with Gasteiger partial charge in [-0.2, -0.15) is 0 Å². The van der Waals surface area contributed by atoms with Crippen molar-refractivity contribution >= 4 is 17.6 Å². The van der Waals surface area contributed by atoms with Gasteiger partial charge in [-0.05, 0) is 86.2 Å². The van der Waals surface area contributed by atoms with Crippen LogP contribution in [-0.2, 0) is 6.42 Å². The fourth-order valence-corrected chi connectivity index (χ4v) is 4.36. The summed E-state index contributed by atoms with van der Waals surface area (Å²) >= 11 is 0. The Morgan fingerprint density at radius 3 is 2.10 bits per heavy atom. The number of alkyl halides is 3. The first-order valence-electron chi connectivity index (χ1n) is 12.8. The molecule has 0 atom stereocenters. The highest BCUT2D eigenvalue weighted by Crippen LogP contribution is 2.26. The maximum absolute atomic E-state index is 12.4. The lowest BCUT2D eigenvalue weighted by atomic mass is 9.93. The van der Waals surface area contributed by atoms with Crippen molar-refractivity contribution < 1.29 is 32.2 Å². The third-order valence-corrected chi connectivity index (χ3v) is 6.32. The average molecular weight is 542 g/mol. The molecule has 3 aromatic rings. The molecule has 3 N–H and O–H groups in total. The summed E-state index contributed by atoms with van der Waals surface area (Å²) in [4.78, 5) is 24.7. The molecule has 0 aliphatic heterocycles. The van der Waals surface area contributed by atoms with Gasteiger partial charge in [-0.25, -0.2) is 4.79 Å². The van der Waals surface area contributed by atoms with Gasteiger partial charge in [0, 0.05) is 23.8 Å². The molecule has 206 valence electrons. The molecule has 1 saturated carbocycles. The van der Waals surface area contributed by atoms with Crippen LogP contribution in [0.2, 0.25) is 0 Å². The van der Waals surface area contributed by atoms with Crippen molar-refractivity contribution in [3.63, 3.8) is 0 Å². The van der Waals surface area contributed by atoms with E-state index in [0.29, 0.717) is 23.5 Å². The van der Waals surface area contributed by atoms with Gasteiger partial charge in [0.05, 0.1) is 6.10 Å². The van der Waals surface area contributed by atoms with Gasteiger partial charge in [-0.1, -0.05) is 30.3 Å². The first-order valence-corrected chi connectivity index (χ1v) is 12.8. The minimum Gasteiger partial charge on any atom is -0.490 e. The number of carbonyl (C=O) groups excluding carboxylic acids is 2. The molecule has 3 aromatic carbocycles. The van der Waals surface area contributed by atoms with Crippen LogP contribution in [0.5, 0.6) is 11.5 Å². The molecule has 4 rings (SSSR count).